The molecule has 11 heavy (non-hydrogen) atoms. The minimum atomic E-state index is -1.31. The molecule has 0 aromatic heterocycles. The Kier molecular flexibility index (Phi) is 9.64. The predicted molar refractivity (Wildman–Crippen MR) is 41.2 cm³/mol. The van der Waals surface area contributed by atoms with Crippen molar-refractivity contribution in [1.29, 1.82) is 0 Å². The Bertz CT molecular complexity index is 121. The van der Waals surface area contributed by atoms with E-state index in [0.29, 0.717) is 0 Å². The van der Waals surface area contributed by atoms with Crippen LogP contribution in [0.15, 0.2) is 0 Å². The molecule has 0 aromatic rings. The third-order valence-electron chi connectivity index (χ3n) is 0.302. The van der Waals surface area contributed by atoms with E-state index in [0.717, 1.165) is 0 Å². The van der Waals surface area contributed by atoms with E-state index in [9.17, 15) is 9.59 Å². The quantitative estimate of drug-likeness (QED) is 0.550. The van der Waals surface area contributed by atoms with Crippen LogP contribution in [0.3, 0.4) is 0 Å². The molecule has 0 aliphatic heterocycles. The largest absolute Gasteiger partial charge is 0.481 e. The summed E-state index contributed by atoms with van der Waals surface area (Å²) in [4.78, 5) is 18.9. The van der Waals surface area contributed by atoms with Crippen molar-refractivity contribution in [2.75, 3.05) is 0 Å². The van der Waals surface area contributed by atoms with Gasteiger partial charge in [0.05, 0.1) is 0 Å². The third-order valence-corrected chi connectivity index (χ3v) is 0.302. The zero-order valence-corrected chi connectivity index (χ0v) is 7.40. The van der Waals surface area contributed by atoms with Crippen molar-refractivity contribution in [2.24, 2.45) is 0 Å². The Balaban J connectivity index is 0. The van der Waals surface area contributed by atoms with Gasteiger partial charge in [0.1, 0.15) is 6.42 Å². The molecule has 0 unspecified atom stereocenters. The fourth-order valence-corrected chi connectivity index (χ4v) is 0.129. The number of hydrogen-bond acceptors (Lipinski definition) is 2. The Hall–Kier alpha value is -0.190. The second kappa shape index (κ2) is 7.91. The van der Waals surface area contributed by atoms with E-state index in [1.807, 2.05) is 0 Å². The molecular formula is C4H5Cl3O4. The van der Waals surface area contributed by atoms with E-state index in [1.54, 1.807) is 0 Å². The van der Waals surface area contributed by atoms with Crippen molar-refractivity contribution in [3.8, 4) is 0 Å². The fourth-order valence-electron chi connectivity index (χ4n) is 0.129. The smallest absolute Gasteiger partial charge is 0.314 e. The number of hydrogen-bond donors (Lipinski definition) is 2. The number of carboxylic acids is 2. The average Bonchev–Trinajstić information content (AvgIpc) is 1.56. The Morgan fingerprint density at radius 3 is 1.27 bits per heavy atom. The highest BCUT2D eigenvalue weighted by Crippen LogP contribution is 2.03. The first-order chi connectivity index (χ1) is 4.86. The molecule has 0 fully saturated rings. The van der Waals surface area contributed by atoms with Gasteiger partial charge in [0.25, 0.3) is 0 Å². The van der Waals surface area contributed by atoms with Gasteiger partial charge in [-0.25, -0.2) is 0 Å². The minimum absolute atomic E-state index is 0.750. The summed E-state index contributed by atoms with van der Waals surface area (Å²) in [5.74, 6) is -2.62. The molecule has 0 aromatic carbocycles. The molecule has 0 amide bonds. The topological polar surface area (TPSA) is 74.6 Å². The van der Waals surface area contributed by atoms with Crippen LogP contribution in [0.4, 0.5) is 0 Å². The van der Waals surface area contributed by atoms with Crippen molar-refractivity contribution in [2.45, 2.75) is 10.7 Å². The molecule has 0 heterocycles. The van der Waals surface area contributed by atoms with Crippen molar-refractivity contribution in [3.63, 3.8) is 0 Å². The van der Waals surface area contributed by atoms with E-state index >= 15 is 0 Å². The lowest BCUT2D eigenvalue weighted by atomic mass is 10.5. The number of alkyl halides is 3. The SMILES string of the molecule is ClC(Cl)Cl.O=C(O)CC(=O)O. The molecule has 0 bridgehead atoms. The highest BCUT2D eigenvalue weighted by atomic mass is 35.6. The van der Waals surface area contributed by atoms with Crippen LogP contribution in [0.2, 0.25) is 0 Å². The molecule has 0 saturated carbocycles. The van der Waals surface area contributed by atoms with Gasteiger partial charge in [0, 0.05) is 0 Å². The molecule has 0 rings (SSSR count). The van der Waals surface area contributed by atoms with Gasteiger partial charge in [-0.15, -0.1) is 0 Å². The molecular weight excluding hydrogens is 218 g/mol. The van der Waals surface area contributed by atoms with Gasteiger partial charge in [-0.3, -0.25) is 9.59 Å². The first-order valence-electron chi connectivity index (χ1n) is 2.22. The summed E-state index contributed by atoms with van der Waals surface area (Å²) in [6.07, 6.45) is -0.806. The monoisotopic (exact) mass is 222 g/mol. The highest BCUT2D eigenvalue weighted by molar-refractivity contribution is 6.63. The first-order valence-corrected chi connectivity index (χ1v) is 3.53. The summed E-state index contributed by atoms with van der Waals surface area (Å²) in [5.41, 5.74) is 0. The number of rotatable bonds is 2. The molecule has 4 nitrogen and oxygen atoms in total. The van der Waals surface area contributed by atoms with Crippen molar-refractivity contribution >= 4 is 46.7 Å². The standard InChI is InChI=1S/C3H4O4.CHCl3/c4-2(5)1-3(6)7;2-1(3)4/h1H2,(H,4,5)(H,6,7);1H. The van der Waals surface area contributed by atoms with Gasteiger partial charge >= 0.3 is 11.9 Å². The highest BCUT2D eigenvalue weighted by Gasteiger charge is 2.01. The number of carboxylic acid groups (broad SMARTS) is 2. The second-order valence-corrected chi connectivity index (χ2v) is 3.19. The van der Waals surface area contributed by atoms with Crippen LogP contribution in [0.1, 0.15) is 6.42 Å². The van der Waals surface area contributed by atoms with E-state index < -0.39 is 22.7 Å². The zero-order chi connectivity index (χ0) is 9.44. The van der Waals surface area contributed by atoms with Crippen LogP contribution in [0.25, 0.3) is 0 Å². The lowest BCUT2D eigenvalue weighted by Gasteiger charge is -1.80. The maximum Gasteiger partial charge on any atom is 0.314 e. The summed E-state index contributed by atoms with van der Waals surface area (Å²) >= 11 is 14.4. The molecule has 0 radical (unpaired) electrons. The van der Waals surface area contributed by atoms with Crippen molar-refractivity contribution < 1.29 is 19.8 Å². The maximum absolute atomic E-state index is 9.43. The molecule has 0 atom stereocenters. The maximum atomic E-state index is 9.43. The van der Waals surface area contributed by atoms with Crippen LogP contribution >= 0.6 is 34.8 Å². The molecule has 2 N–H and O–H groups in total. The summed E-state index contributed by atoms with van der Waals surface area (Å²) in [5, 5.41) is 15.4. The predicted octanol–water partition coefficient (Wildman–Crippen LogP) is 1.53. The molecule has 0 aliphatic rings. The Morgan fingerprint density at radius 1 is 1.09 bits per heavy atom. The number of aliphatic carboxylic acids is 2. The van der Waals surface area contributed by atoms with Crippen molar-refractivity contribution in [1.82, 2.24) is 0 Å². The third kappa shape index (κ3) is 41.2. The molecule has 0 spiro atoms. The molecule has 7 heteroatoms. The average molecular weight is 223 g/mol. The summed E-state index contributed by atoms with van der Waals surface area (Å²) < 4.78 is -0.750. The first kappa shape index (κ1) is 13.4. The van der Waals surface area contributed by atoms with Crippen LogP contribution in [0.5, 0.6) is 0 Å². The summed E-state index contributed by atoms with van der Waals surface area (Å²) in [6.45, 7) is 0. The van der Waals surface area contributed by atoms with Crippen LogP contribution in [-0.2, 0) is 9.59 Å². The molecule has 0 saturated heterocycles. The number of carbonyl (C=O) groups is 2. The lowest BCUT2D eigenvalue weighted by molar-refractivity contribution is -0.147. The Morgan fingerprint density at radius 2 is 1.27 bits per heavy atom. The Labute approximate surface area is 77.7 Å². The van der Waals surface area contributed by atoms with Gasteiger partial charge in [-0.1, -0.05) is 34.8 Å². The van der Waals surface area contributed by atoms with E-state index in [1.165, 1.54) is 0 Å². The summed E-state index contributed by atoms with van der Waals surface area (Å²) in [7, 11) is 0. The van der Waals surface area contributed by atoms with Gasteiger partial charge in [0.2, 0.25) is 0 Å². The zero-order valence-electron chi connectivity index (χ0n) is 5.13. The normalized spacial score (nSPS) is 8.36. The van der Waals surface area contributed by atoms with Gasteiger partial charge in [0.15, 0.2) is 4.30 Å². The van der Waals surface area contributed by atoms with E-state index in [2.05, 4.69) is 0 Å². The summed E-state index contributed by atoms with van der Waals surface area (Å²) in [6, 6.07) is 0. The minimum Gasteiger partial charge on any atom is -0.481 e. The lowest BCUT2D eigenvalue weighted by Crippen LogP contribution is -2.03. The molecule has 0 aliphatic carbocycles. The van der Waals surface area contributed by atoms with Gasteiger partial charge in [-0.2, -0.15) is 0 Å². The van der Waals surface area contributed by atoms with E-state index in [-0.39, 0.29) is 0 Å². The van der Waals surface area contributed by atoms with Crippen LogP contribution in [0, 0.1) is 0 Å². The van der Waals surface area contributed by atoms with Crippen LogP contribution in [-0.4, -0.2) is 26.4 Å². The number of halogens is 3. The van der Waals surface area contributed by atoms with Crippen LogP contribution < -0.4 is 0 Å². The van der Waals surface area contributed by atoms with Gasteiger partial charge < -0.3 is 10.2 Å². The second-order valence-electron chi connectivity index (χ2n) is 1.21. The van der Waals surface area contributed by atoms with Crippen molar-refractivity contribution in [3.05, 3.63) is 0 Å². The van der Waals surface area contributed by atoms with Gasteiger partial charge in [-0.05, 0) is 0 Å². The molecule has 66 valence electrons. The fraction of sp³-hybridized carbons (Fsp3) is 0.500. The van der Waals surface area contributed by atoms with E-state index in [4.69, 9.17) is 45.0 Å².